The number of nitrogens with one attached hydrogen (secondary N) is 1. The van der Waals surface area contributed by atoms with E-state index in [2.05, 4.69) is 5.32 Å². The van der Waals surface area contributed by atoms with Gasteiger partial charge in [-0.25, -0.2) is 0 Å². The molecule has 8 heteroatoms. The number of hydrogen-bond acceptors (Lipinski definition) is 5. The second-order valence-corrected chi connectivity index (χ2v) is 7.18. The van der Waals surface area contributed by atoms with Crippen molar-refractivity contribution in [2.75, 3.05) is 11.4 Å². The highest BCUT2D eigenvalue weighted by atomic mass is 32.1. The number of carbonyl (C=O) groups excluding carboxylic acids is 2. The number of nitrogens with zero attached hydrogens (tertiary/aromatic N) is 1. The van der Waals surface area contributed by atoms with E-state index in [0.717, 1.165) is 4.88 Å². The highest BCUT2D eigenvalue weighted by Gasteiger charge is 2.31. The first-order valence-corrected chi connectivity index (χ1v) is 9.45. The minimum atomic E-state index is -0.986. The number of hydrogen-bond donors (Lipinski definition) is 2. The average molecular weight is 388 g/mol. The first-order valence-electron chi connectivity index (χ1n) is 8.57. The van der Waals surface area contributed by atoms with Gasteiger partial charge in [-0.05, 0) is 30.5 Å². The van der Waals surface area contributed by atoms with Gasteiger partial charge in [-0.15, -0.1) is 11.3 Å². The summed E-state index contributed by atoms with van der Waals surface area (Å²) in [5.74, 6) is -0.895. The minimum Gasteiger partial charge on any atom is -0.481 e. The number of aliphatic carboxylic acids is 1. The molecule has 1 aliphatic rings. The van der Waals surface area contributed by atoms with E-state index in [1.165, 1.54) is 11.3 Å². The van der Waals surface area contributed by atoms with Crippen LogP contribution in [0, 0.1) is 0 Å². The summed E-state index contributed by atoms with van der Waals surface area (Å²) in [7, 11) is 0. The molecule has 0 aliphatic carbocycles. The van der Waals surface area contributed by atoms with E-state index in [0.29, 0.717) is 11.4 Å². The number of fused-ring (bicyclic) bond motifs is 1. The van der Waals surface area contributed by atoms with Crippen molar-refractivity contribution < 1.29 is 24.2 Å². The Labute approximate surface area is 160 Å². The number of anilines is 1. The maximum Gasteiger partial charge on any atom is 0.305 e. The molecule has 1 aliphatic heterocycles. The Morgan fingerprint density at radius 2 is 2.07 bits per heavy atom. The van der Waals surface area contributed by atoms with E-state index in [4.69, 9.17) is 9.84 Å². The Kier molecular flexibility index (Phi) is 5.75. The van der Waals surface area contributed by atoms with Crippen LogP contribution in [-0.2, 0) is 14.4 Å². The SMILES string of the molecule is C[C@H]1Oc2ccccc2N(CCC(=O)N[C@@H](CC(=O)O)c2cccs2)C1=O. The molecule has 0 saturated heterocycles. The summed E-state index contributed by atoms with van der Waals surface area (Å²) in [4.78, 5) is 38.3. The summed E-state index contributed by atoms with van der Waals surface area (Å²) in [6, 6.07) is 10.2. The van der Waals surface area contributed by atoms with Gasteiger partial charge in [-0.2, -0.15) is 0 Å². The van der Waals surface area contributed by atoms with E-state index in [1.54, 1.807) is 36.1 Å². The second kappa shape index (κ2) is 8.22. The number of para-hydroxylation sites is 2. The van der Waals surface area contributed by atoms with Crippen molar-refractivity contribution in [3.05, 3.63) is 46.7 Å². The highest BCUT2D eigenvalue weighted by Crippen LogP contribution is 2.33. The molecule has 0 radical (unpaired) electrons. The van der Waals surface area contributed by atoms with Gasteiger partial charge in [0.2, 0.25) is 5.91 Å². The monoisotopic (exact) mass is 388 g/mol. The smallest absolute Gasteiger partial charge is 0.305 e. The average Bonchev–Trinajstić information content (AvgIpc) is 3.16. The van der Waals surface area contributed by atoms with Crippen molar-refractivity contribution in [2.45, 2.75) is 31.9 Å². The Morgan fingerprint density at radius 1 is 1.30 bits per heavy atom. The fourth-order valence-corrected chi connectivity index (χ4v) is 3.73. The zero-order valence-electron chi connectivity index (χ0n) is 14.8. The summed E-state index contributed by atoms with van der Waals surface area (Å²) < 4.78 is 5.58. The van der Waals surface area contributed by atoms with Crippen LogP contribution in [0.15, 0.2) is 41.8 Å². The number of carboxylic acids is 1. The molecule has 0 spiro atoms. The summed E-state index contributed by atoms with van der Waals surface area (Å²) in [5, 5.41) is 13.7. The maximum atomic E-state index is 12.4. The zero-order valence-corrected chi connectivity index (χ0v) is 15.6. The number of amides is 2. The number of thiophene rings is 1. The van der Waals surface area contributed by atoms with Crippen LogP contribution in [0.25, 0.3) is 0 Å². The van der Waals surface area contributed by atoms with Crippen molar-refractivity contribution in [1.82, 2.24) is 5.32 Å². The summed E-state index contributed by atoms with van der Waals surface area (Å²) >= 11 is 1.39. The number of carbonyl (C=O) groups is 3. The molecule has 2 amide bonds. The highest BCUT2D eigenvalue weighted by molar-refractivity contribution is 7.10. The van der Waals surface area contributed by atoms with Crippen LogP contribution in [0.4, 0.5) is 5.69 Å². The van der Waals surface area contributed by atoms with Crippen molar-refractivity contribution in [3.63, 3.8) is 0 Å². The van der Waals surface area contributed by atoms with Gasteiger partial charge in [0.05, 0.1) is 18.2 Å². The van der Waals surface area contributed by atoms with Gasteiger partial charge in [0.15, 0.2) is 6.10 Å². The first kappa shape index (κ1) is 18.9. The Morgan fingerprint density at radius 3 is 2.78 bits per heavy atom. The van der Waals surface area contributed by atoms with Gasteiger partial charge in [0, 0.05) is 17.8 Å². The van der Waals surface area contributed by atoms with Crippen molar-refractivity contribution >= 4 is 34.8 Å². The van der Waals surface area contributed by atoms with Gasteiger partial charge in [-0.3, -0.25) is 14.4 Å². The second-order valence-electron chi connectivity index (χ2n) is 6.20. The lowest BCUT2D eigenvalue weighted by Crippen LogP contribution is -2.46. The number of ether oxygens (including phenoxy) is 1. The normalized spacial score (nSPS) is 17.0. The molecule has 0 unspecified atom stereocenters. The number of benzene rings is 1. The maximum absolute atomic E-state index is 12.4. The summed E-state index contributed by atoms with van der Waals surface area (Å²) in [6.45, 7) is 1.87. The predicted octanol–water partition coefficient (Wildman–Crippen LogP) is 2.58. The van der Waals surface area contributed by atoms with Crippen molar-refractivity contribution in [3.8, 4) is 5.75 Å². The Hall–Kier alpha value is -2.87. The third-order valence-electron chi connectivity index (χ3n) is 4.24. The van der Waals surface area contributed by atoms with Gasteiger partial charge >= 0.3 is 5.97 Å². The quantitative estimate of drug-likeness (QED) is 0.760. The lowest BCUT2D eigenvalue weighted by Gasteiger charge is -2.32. The summed E-state index contributed by atoms with van der Waals surface area (Å²) in [5.41, 5.74) is 0.633. The third-order valence-corrected chi connectivity index (χ3v) is 5.22. The van der Waals surface area contributed by atoms with Crippen LogP contribution in [0.5, 0.6) is 5.75 Å². The van der Waals surface area contributed by atoms with E-state index in [1.807, 2.05) is 17.5 Å². The van der Waals surface area contributed by atoms with Gasteiger partial charge < -0.3 is 20.1 Å². The van der Waals surface area contributed by atoms with Crippen LogP contribution in [0.3, 0.4) is 0 Å². The first-order chi connectivity index (χ1) is 13.0. The fourth-order valence-electron chi connectivity index (χ4n) is 2.96. The van der Waals surface area contributed by atoms with Crippen LogP contribution >= 0.6 is 11.3 Å². The zero-order chi connectivity index (χ0) is 19.4. The van der Waals surface area contributed by atoms with E-state index in [9.17, 15) is 14.4 Å². The van der Waals surface area contributed by atoms with E-state index in [-0.39, 0.29) is 31.2 Å². The van der Waals surface area contributed by atoms with E-state index >= 15 is 0 Å². The molecule has 2 atom stereocenters. The van der Waals surface area contributed by atoms with Crippen molar-refractivity contribution in [1.29, 1.82) is 0 Å². The lowest BCUT2D eigenvalue weighted by atomic mass is 10.1. The van der Waals surface area contributed by atoms with Gasteiger partial charge in [0.25, 0.3) is 5.91 Å². The van der Waals surface area contributed by atoms with Gasteiger partial charge in [0.1, 0.15) is 5.75 Å². The molecule has 1 aromatic carbocycles. The molecule has 0 fully saturated rings. The molecular formula is C19H20N2O5S. The lowest BCUT2D eigenvalue weighted by molar-refractivity contribution is -0.137. The number of carboxylic acid groups (broad SMARTS) is 1. The minimum absolute atomic E-state index is 0.0638. The topological polar surface area (TPSA) is 95.9 Å². The molecule has 2 aromatic rings. The standard InChI is InChI=1S/C19H20N2O5S/c1-12-19(25)21(14-5-2-3-6-15(14)26-12)9-8-17(22)20-13(11-18(23)24)16-7-4-10-27-16/h2-7,10,12-13H,8-9,11H2,1H3,(H,20,22)(H,23,24)/t12-,13+/m1/s1. The molecular weight excluding hydrogens is 368 g/mol. The molecule has 3 rings (SSSR count). The summed E-state index contributed by atoms with van der Waals surface area (Å²) in [6.07, 6.45) is -0.745. The predicted molar refractivity (Wildman–Crippen MR) is 101 cm³/mol. The van der Waals surface area contributed by atoms with Crippen molar-refractivity contribution in [2.24, 2.45) is 0 Å². The van der Waals surface area contributed by atoms with Crippen LogP contribution in [0.2, 0.25) is 0 Å². The van der Waals surface area contributed by atoms with Crippen LogP contribution in [-0.4, -0.2) is 35.5 Å². The molecule has 27 heavy (non-hydrogen) atoms. The number of rotatable bonds is 7. The molecule has 2 N–H and O–H groups in total. The molecule has 0 bridgehead atoms. The Bertz CT molecular complexity index is 836. The molecule has 1 aromatic heterocycles. The largest absolute Gasteiger partial charge is 0.481 e. The van der Waals surface area contributed by atoms with Crippen LogP contribution < -0.4 is 15.0 Å². The van der Waals surface area contributed by atoms with E-state index < -0.39 is 18.1 Å². The fraction of sp³-hybridized carbons (Fsp3) is 0.316. The molecule has 0 saturated carbocycles. The van der Waals surface area contributed by atoms with Gasteiger partial charge in [-0.1, -0.05) is 18.2 Å². The molecule has 142 valence electrons. The Balaban J connectivity index is 1.66. The third kappa shape index (κ3) is 4.46. The molecule has 2 heterocycles. The van der Waals surface area contributed by atoms with Crippen LogP contribution in [0.1, 0.15) is 30.7 Å². The molecule has 7 nitrogen and oxygen atoms in total.